The molecule has 1 N–H and O–H groups in total. The van der Waals surface area contributed by atoms with Gasteiger partial charge < -0.3 is 15.0 Å². The summed E-state index contributed by atoms with van der Waals surface area (Å²) in [6.45, 7) is 3.06. The monoisotopic (exact) mass is 464 g/mol. The maximum atomic E-state index is 13.1. The van der Waals surface area contributed by atoms with Crippen molar-refractivity contribution in [1.29, 1.82) is 0 Å². The van der Waals surface area contributed by atoms with Gasteiger partial charge in [0.05, 0.1) is 18.9 Å². The van der Waals surface area contributed by atoms with Crippen LogP contribution in [0.5, 0.6) is 0 Å². The number of aromatic nitrogens is 2. The third kappa shape index (κ3) is 5.73. The minimum Gasteiger partial charge on any atom is -0.378 e. The van der Waals surface area contributed by atoms with Crippen molar-refractivity contribution >= 4 is 17.4 Å². The first-order chi connectivity index (χ1) is 17.3. The third-order valence-electron chi connectivity index (χ3n) is 6.22. The number of nitrogens with one attached hydrogen (secondary N) is 1. The predicted octanol–water partition coefficient (Wildman–Crippen LogP) is 5.14. The van der Waals surface area contributed by atoms with Gasteiger partial charge in [-0.25, -0.2) is 0 Å². The molecule has 3 aromatic carbocycles. The fourth-order valence-corrected chi connectivity index (χ4v) is 4.39. The van der Waals surface area contributed by atoms with Crippen LogP contribution < -0.4 is 10.2 Å². The summed E-state index contributed by atoms with van der Waals surface area (Å²) in [5.41, 5.74) is 4.67. The Hall–Kier alpha value is -4.03. The number of carbonyl (C=O) groups is 1. The van der Waals surface area contributed by atoms with E-state index >= 15 is 0 Å². The minimum atomic E-state index is -0.0337. The largest absolute Gasteiger partial charge is 0.378 e. The van der Waals surface area contributed by atoms with Gasteiger partial charge in [0.25, 0.3) is 0 Å². The number of amides is 1. The molecule has 1 amide bonds. The maximum Gasteiger partial charge on any atom is 0.225 e. The Morgan fingerprint density at radius 2 is 1.51 bits per heavy atom. The molecule has 1 aromatic heterocycles. The molecule has 6 heteroatoms. The molecule has 0 unspecified atom stereocenters. The zero-order valence-electron chi connectivity index (χ0n) is 19.5. The standard InChI is InChI=1S/C29H28N4O2/c34-29(21-26(22-8-3-1-4-9-22)23-10-5-2-6-11-23)30-25-13-7-12-24(20-25)27-14-15-28(32-31-27)33-16-18-35-19-17-33/h1-15,20,26H,16-19,21H2,(H,30,34). The van der Waals surface area contributed by atoms with E-state index in [0.29, 0.717) is 19.6 Å². The minimum absolute atomic E-state index is 0.0146. The van der Waals surface area contributed by atoms with Gasteiger partial charge in [-0.15, -0.1) is 10.2 Å². The lowest BCUT2D eigenvalue weighted by Crippen LogP contribution is -2.36. The van der Waals surface area contributed by atoms with Gasteiger partial charge in [-0.3, -0.25) is 4.79 Å². The molecule has 0 atom stereocenters. The Bertz CT molecular complexity index is 1200. The van der Waals surface area contributed by atoms with E-state index in [1.165, 1.54) is 0 Å². The van der Waals surface area contributed by atoms with Gasteiger partial charge in [0.15, 0.2) is 5.82 Å². The second kappa shape index (κ2) is 10.9. The highest BCUT2D eigenvalue weighted by Gasteiger charge is 2.18. The van der Waals surface area contributed by atoms with E-state index in [0.717, 1.165) is 47.0 Å². The molecule has 176 valence electrons. The number of morpholine rings is 1. The van der Waals surface area contributed by atoms with Crippen LogP contribution in [0.4, 0.5) is 11.5 Å². The molecule has 0 saturated carbocycles. The van der Waals surface area contributed by atoms with E-state index in [2.05, 4.69) is 44.7 Å². The third-order valence-corrected chi connectivity index (χ3v) is 6.22. The van der Waals surface area contributed by atoms with Crippen LogP contribution in [0.1, 0.15) is 23.5 Å². The lowest BCUT2D eigenvalue weighted by Gasteiger charge is -2.27. The lowest BCUT2D eigenvalue weighted by atomic mass is 9.88. The lowest BCUT2D eigenvalue weighted by molar-refractivity contribution is -0.116. The van der Waals surface area contributed by atoms with Crippen molar-refractivity contribution in [2.24, 2.45) is 0 Å². The Balaban J connectivity index is 1.29. The summed E-state index contributed by atoms with van der Waals surface area (Å²) in [5.74, 6) is 0.808. The molecule has 4 aromatic rings. The van der Waals surface area contributed by atoms with E-state index in [4.69, 9.17) is 4.74 Å². The number of hydrogen-bond acceptors (Lipinski definition) is 5. The van der Waals surface area contributed by atoms with Crippen LogP contribution in [0.3, 0.4) is 0 Å². The van der Waals surface area contributed by atoms with Crippen molar-refractivity contribution in [2.45, 2.75) is 12.3 Å². The SMILES string of the molecule is O=C(CC(c1ccccc1)c1ccccc1)Nc1cccc(-c2ccc(N3CCOCC3)nn2)c1. The van der Waals surface area contributed by atoms with E-state index < -0.39 is 0 Å². The molecule has 0 bridgehead atoms. The van der Waals surface area contributed by atoms with Crippen molar-refractivity contribution in [2.75, 3.05) is 36.5 Å². The fraction of sp³-hybridized carbons (Fsp3) is 0.207. The number of ether oxygens (including phenoxy) is 1. The van der Waals surface area contributed by atoms with Crippen LogP contribution >= 0.6 is 0 Å². The normalized spacial score (nSPS) is 13.6. The predicted molar refractivity (Wildman–Crippen MR) is 138 cm³/mol. The topological polar surface area (TPSA) is 67.4 Å². The zero-order chi connectivity index (χ0) is 23.9. The van der Waals surface area contributed by atoms with Crippen LogP contribution in [0.25, 0.3) is 11.3 Å². The highest BCUT2D eigenvalue weighted by Crippen LogP contribution is 2.29. The smallest absolute Gasteiger partial charge is 0.225 e. The van der Waals surface area contributed by atoms with E-state index in [-0.39, 0.29) is 11.8 Å². The van der Waals surface area contributed by atoms with Gasteiger partial charge in [-0.05, 0) is 35.4 Å². The summed E-state index contributed by atoms with van der Waals surface area (Å²) in [6, 6.07) is 32.0. The van der Waals surface area contributed by atoms with Gasteiger partial charge in [-0.2, -0.15) is 0 Å². The van der Waals surface area contributed by atoms with Crippen LogP contribution in [-0.4, -0.2) is 42.4 Å². The van der Waals surface area contributed by atoms with Crippen molar-refractivity contribution in [3.8, 4) is 11.3 Å². The molecule has 1 fully saturated rings. The molecule has 0 radical (unpaired) electrons. The maximum absolute atomic E-state index is 13.1. The van der Waals surface area contributed by atoms with Gasteiger partial charge in [0.1, 0.15) is 0 Å². The summed E-state index contributed by atoms with van der Waals surface area (Å²) >= 11 is 0. The molecular formula is C29H28N4O2. The number of benzene rings is 3. The van der Waals surface area contributed by atoms with Crippen molar-refractivity contribution in [3.63, 3.8) is 0 Å². The average Bonchev–Trinajstić information content (AvgIpc) is 2.93. The summed E-state index contributed by atoms with van der Waals surface area (Å²) in [6.07, 6.45) is 0.353. The highest BCUT2D eigenvalue weighted by atomic mass is 16.5. The van der Waals surface area contributed by atoms with Crippen LogP contribution in [0, 0.1) is 0 Å². The van der Waals surface area contributed by atoms with E-state index in [1.807, 2.05) is 72.8 Å². The zero-order valence-corrected chi connectivity index (χ0v) is 19.5. The van der Waals surface area contributed by atoms with E-state index in [9.17, 15) is 4.79 Å². The number of anilines is 2. The van der Waals surface area contributed by atoms with Gasteiger partial charge >= 0.3 is 0 Å². The summed E-state index contributed by atoms with van der Waals surface area (Å²) in [5, 5.41) is 11.9. The number of rotatable bonds is 7. The molecule has 5 rings (SSSR count). The second-order valence-electron chi connectivity index (χ2n) is 8.58. The van der Waals surface area contributed by atoms with Crippen LogP contribution in [0.15, 0.2) is 97.1 Å². The molecule has 6 nitrogen and oxygen atoms in total. The number of carbonyl (C=O) groups excluding carboxylic acids is 1. The Morgan fingerprint density at radius 1 is 0.829 bits per heavy atom. The Morgan fingerprint density at radius 3 is 2.14 bits per heavy atom. The highest BCUT2D eigenvalue weighted by molar-refractivity contribution is 5.92. The summed E-state index contributed by atoms with van der Waals surface area (Å²) < 4.78 is 5.41. The quantitative estimate of drug-likeness (QED) is 0.410. The molecule has 1 saturated heterocycles. The second-order valence-corrected chi connectivity index (χ2v) is 8.58. The summed E-state index contributed by atoms with van der Waals surface area (Å²) in [7, 11) is 0. The first-order valence-corrected chi connectivity index (χ1v) is 11.9. The number of hydrogen-bond donors (Lipinski definition) is 1. The van der Waals surface area contributed by atoms with Crippen molar-refractivity contribution in [1.82, 2.24) is 10.2 Å². The molecule has 2 heterocycles. The molecule has 1 aliphatic rings. The molecular weight excluding hydrogens is 436 g/mol. The summed E-state index contributed by atoms with van der Waals surface area (Å²) in [4.78, 5) is 15.3. The Labute approximate surface area is 205 Å². The van der Waals surface area contributed by atoms with Crippen LogP contribution in [-0.2, 0) is 9.53 Å². The van der Waals surface area contributed by atoms with Gasteiger partial charge in [-0.1, -0.05) is 72.8 Å². The molecule has 1 aliphatic heterocycles. The van der Waals surface area contributed by atoms with Crippen molar-refractivity contribution < 1.29 is 9.53 Å². The van der Waals surface area contributed by atoms with Gasteiger partial charge in [0, 0.05) is 36.7 Å². The number of nitrogens with zero attached hydrogens (tertiary/aromatic N) is 3. The average molecular weight is 465 g/mol. The van der Waals surface area contributed by atoms with Gasteiger partial charge in [0.2, 0.25) is 5.91 Å². The van der Waals surface area contributed by atoms with E-state index in [1.54, 1.807) is 0 Å². The van der Waals surface area contributed by atoms with Crippen molar-refractivity contribution in [3.05, 3.63) is 108 Å². The fourth-order valence-electron chi connectivity index (χ4n) is 4.39. The first-order valence-electron chi connectivity index (χ1n) is 11.9. The molecule has 0 spiro atoms. The van der Waals surface area contributed by atoms with Crippen LogP contribution in [0.2, 0.25) is 0 Å². The molecule has 35 heavy (non-hydrogen) atoms. The first kappa shape index (κ1) is 22.7. The molecule has 0 aliphatic carbocycles. The Kier molecular flexibility index (Phi) is 7.10.